The molecule has 0 unspecified atom stereocenters. The molecule has 5 heteroatoms. The van der Waals surface area contributed by atoms with Gasteiger partial charge in [-0.3, -0.25) is 0 Å². The van der Waals surface area contributed by atoms with Gasteiger partial charge in [0.15, 0.2) is 0 Å². The van der Waals surface area contributed by atoms with Gasteiger partial charge in [-0.1, -0.05) is 22.0 Å². The average molecular weight is 341 g/mol. The van der Waals surface area contributed by atoms with E-state index in [2.05, 4.69) is 15.9 Å². The summed E-state index contributed by atoms with van der Waals surface area (Å²) in [5, 5.41) is 8.87. The van der Waals surface area contributed by atoms with E-state index in [0.29, 0.717) is 5.75 Å². The standard InChI is InChI=1S/C14H10BrFO2S/c15-13-7-9(14(17)18)1-2-10(13)8-19-12-5-3-11(16)4-6-12/h1-7H,8H2,(H,17,18). The largest absolute Gasteiger partial charge is 0.478 e. The second-order valence-corrected chi connectivity index (χ2v) is 5.76. The van der Waals surface area contributed by atoms with Crippen molar-refractivity contribution < 1.29 is 14.3 Å². The van der Waals surface area contributed by atoms with E-state index in [1.807, 2.05) is 0 Å². The van der Waals surface area contributed by atoms with Crippen LogP contribution in [0.2, 0.25) is 0 Å². The van der Waals surface area contributed by atoms with E-state index in [1.54, 1.807) is 42.1 Å². The molecule has 0 aliphatic heterocycles. The van der Waals surface area contributed by atoms with Crippen LogP contribution in [-0.4, -0.2) is 11.1 Å². The SMILES string of the molecule is O=C(O)c1ccc(CSc2ccc(F)cc2)c(Br)c1. The van der Waals surface area contributed by atoms with Gasteiger partial charge in [-0.2, -0.15) is 0 Å². The van der Waals surface area contributed by atoms with E-state index in [9.17, 15) is 9.18 Å². The Morgan fingerprint density at radius 1 is 1.21 bits per heavy atom. The lowest BCUT2D eigenvalue weighted by molar-refractivity contribution is 0.0697. The van der Waals surface area contributed by atoms with E-state index in [4.69, 9.17) is 5.11 Å². The highest BCUT2D eigenvalue weighted by molar-refractivity contribution is 9.10. The summed E-state index contributed by atoms with van der Waals surface area (Å²) in [5.74, 6) is -0.513. The van der Waals surface area contributed by atoms with Gasteiger partial charge in [0.25, 0.3) is 0 Å². The summed E-state index contributed by atoms with van der Waals surface area (Å²) in [7, 11) is 0. The molecule has 19 heavy (non-hydrogen) atoms. The first-order valence-corrected chi connectivity index (χ1v) is 7.24. The van der Waals surface area contributed by atoms with Gasteiger partial charge < -0.3 is 5.11 Å². The number of thioether (sulfide) groups is 1. The maximum atomic E-state index is 12.8. The molecule has 1 N–H and O–H groups in total. The molecule has 0 amide bonds. The molecule has 2 rings (SSSR count). The minimum absolute atomic E-state index is 0.252. The molecule has 0 atom stereocenters. The average Bonchev–Trinajstić information content (AvgIpc) is 2.39. The van der Waals surface area contributed by atoms with Gasteiger partial charge in [0, 0.05) is 15.1 Å². The molecule has 0 aliphatic carbocycles. The zero-order valence-electron chi connectivity index (χ0n) is 9.77. The van der Waals surface area contributed by atoms with Crippen molar-refractivity contribution in [2.45, 2.75) is 10.6 Å². The van der Waals surface area contributed by atoms with Crippen LogP contribution >= 0.6 is 27.7 Å². The van der Waals surface area contributed by atoms with Crippen molar-refractivity contribution in [3.05, 3.63) is 63.9 Å². The van der Waals surface area contributed by atoms with Gasteiger partial charge in [0.2, 0.25) is 0 Å². The van der Waals surface area contributed by atoms with Gasteiger partial charge in [0.1, 0.15) is 5.82 Å². The van der Waals surface area contributed by atoms with Crippen LogP contribution in [0, 0.1) is 5.82 Å². The Bertz CT molecular complexity index is 599. The molecule has 2 aromatic carbocycles. The first-order valence-electron chi connectivity index (χ1n) is 5.46. The normalized spacial score (nSPS) is 10.4. The van der Waals surface area contributed by atoms with Crippen molar-refractivity contribution in [3.63, 3.8) is 0 Å². The summed E-state index contributed by atoms with van der Waals surface area (Å²) in [6.45, 7) is 0. The minimum atomic E-state index is -0.946. The quantitative estimate of drug-likeness (QED) is 0.827. The molecule has 0 saturated heterocycles. The summed E-state index contributed by atoms with van der Waals surface area (Å²) in [4.78, 5) is 11.8. The summed E-state index contributed by atoms with van der Waals surface area (Å²) in [5.41, 5.74) is 1.25. The molecule has 0 spiro atoms. The maximum absolute atomic E-state index is 12.8. The Morgan fingerprint density at radius 3 is 2.47 bits per heavy atom. The molecule has 98 valence electrons. The number of carboxylic acid groups (broad SMARTS) is 1. The Hall–Kier alpha value is -1.33. The maximum Gasteiger partial charge on any atom is 0.335 e. The second kappa shape index (κ2) is 6.21. The predicted molar refractivity (Wildman–Crippen MR) is 77.1 cm³/mol. The number of halogens is 2. The fraction of sp³-hybridized carbons (Fsp3) is 0.0714. The molecular formula is C14H10BrFO2S. The summed E-state index contributed by atoms with van der Waals surface area (Å²) >= 11 is 4.93. The van der Waals surface area contributed by atoms with Crippen LogP contribution in [0.3, 0.4) is 0 Å². The first-order chi connectivity index (χ1) is 9.06. The zero-order valence-corrected chi connectivity index (χ0v) is 12.2. The topological polar surface area (TPSA) is 37.3 Å². The fourth-order valence-corrected chi connectivity index (χ4v) is 3.10. The van der Waals surface area contributed by atoms with Crippen LogP contribution in [0.4, 0.5) is 4.39 Å². The molecule has 0 fully saturated rings. The summed E-state index contributed by atoms with van der Waals surface area (Å²) < 4.78 is 13.5. The van der Waals surface area contributed by atoms with Crippen molar-refractivity contribution >= 4 is 33.7 Å². The number of hydrogen-bond donors (Lipinski definition) is 1. The van der Waals surface area contributed by atoms with E-state index in [-0.39, 0.29) is 11.4 Å². The van der Waals surface area contributed by atoms with Gasteiger partial charge in [0.05, 0.1) is 5.56 Å². The van der Waals surface area contributed by atoms with Crippen LogP contribution < -0.4 is 0 Å². The lowest BCUT2D eigenvalue weighted by atomic mass is 10.1. The molecule has 0 heterocycles. The molecular weight excluding hydrogens is 331 g/mol. The lowest BCUT2D eigenvalue weighted by Gasteiger charge is -2.06. The van der Waals surface area contributed by atoms with Crippen molar-refractivity contribution in [2.75, 3.05) is 0 Å². The highest BCUT2D eigenvalue weighted by Crippen LogP contribution is 2.27. The van der Waals surface area contributed by atoms with Crippen molar-refractivity contribution in [3.8, 4) is 0 Å². The van der Waals surface area contributed by atoms with Crippen LogP contribution in [0.5, 0.6) is 0 Å². The van der Waals surface area contributed by atoms with E-state index < -0.39 is 5.97 Å². The van der Waals surface area contributed by atoms with E-state index >= 15 is 0 Å². The van der Waals surface area contributed by atoms with Gasteiger partial charge in [-0.15, -0.1) is 11.8 Å². The zero-order chi connectivity index (χ0) is 13.8. The second-order valence-electron chi connectivity index (χ2n) is 3.85. The van der Waals surface area contributed by atoms with Crippen LogP contribution in [0.25, 0.3) is 0 Å². The molecule has 0 saturated carbocycles. The molecule has 0 aliphatic rings. The molecule has 2 aromatic rings. The monoisotopic (exact) mass is 340 g/mol. The third-order valence-electron chi connectivity index (χ3n) is 2.51. The Balaban J connectivity index is 2.07. The van der Waals surface area contributed by atoms with Crippen LogP contribution in [-0.2, 0) is 5.75 Å². The summed E-state index contributed by atoms with van der Waals surface area (Å²) in [6, 6.07) is 11.2. The first kappa shape index (κ1) is 14.1. The summed E-state index contributed by atoms with van der Waals surface area (Å²) in [6.07, 6.45) is 0. The highest BCUT2D eigenvalue weighted by atomic mass is 79.9. The number of aromatic carboxylic acids is 1. The van der Waals surface area contributed by atoms with Gasteiger partial charge >= 0.3 is 5.97 Å². The predicted octanol–water partition coefficient (Wildman–Crippen LogP) is 4.58. The number of rotatable bonds is 4. The fourth-order valence-electron chi connectivity index (χ4n) is 1.49. The lowest BCUT2D eigenvalue weighted by Crippen LogP contribution is -1.96. The Labute approximate surface area is 122 Å². The minimum Gasteiger partial charge on any atom is -0.478 e. The van der Waals surface area contributed by atoms with Crippen LogP contribution in [0.15, 0.2) is 51.8 Å². The number of carboxylic acids is 1. The highest BCUT2D eigenvalue weighted by Gasteiger charge is 2.07. The van der Waals surface area contributed by atoms with E-state index in [0.717, 1.165) is 14.9 Å². The molecule has 0 bridgehead atoms. The molecule has 0 radical (unpaired) electrons. The number of carbonyl (C=O) groups is 1. The van der Waals surface area contributed by atoms with Crippen molar-refractivity contribution in [1.29, 1.82) is 0 Å². The third kappa shape index (κ3) is 3.81. The van der Waals surface area contributed by atoms with Crippen molar-refractivity contribution in [1.82, 2.24) is 0 Å². The van der Waals surface area contributed by atoms with Crippen LogP contribution in [0.1, 0.15) is 15.9 Å². The van der Waals surface area contributed by atoms with Gasteiger partial charge in [-0.25, -0.2) is 9.18 Å². The van der Waals surface area contributed by atoms with Crippen molar-refractivity contribution in [2.24, 2.45) is 0 Å². The van der Waals surface area contributed by atoms with Gasteiger partial charge in [-0.05, 0) is 42.0 Å². The smallest absolute Gasteiger partial charge is 0.335 e. The third-order valence-corrected chi connectivity index (χ3v) is 4.31. The number of hydrogen-bond acceptors (Lipinski definition) is 2. The Kier molecular flexibility index (Phi) is 4.61. The molecule has 0 aromatic heterocycles. The number of benzene rings is 2. The van der Waals surface area contributed by atoms with E-state index in [1.165, 1.54) is 12.1 Å². The Morgan fingerprint density at radius 2 is 1.89 bits per heavy atom. The molecule has 2 nitrogen and oxygen atoms in total.